The highest BCUT2D eigenvalue weighted by molar-refractivity contribution is 5.94. The van der Waals surface area contributed by atoms with Gasteiger partial charge < -0.3 is 43.4 Å². The molecule has 218 valence electrons. The molecule has 0 saturated heterocycles. The first-order valence-electron chi connectivity index (χ1n) is 13.0. The zero-order valence-corrected chi connectivity index (χ0v) is 23.0. The minimum atomic E-state index is -1.23. The van der Waals surface area contributed by atoms with Gasteiger partial charge in [-0.25, -0.2) is 4.79 Å². The van der Waals surface area contributed by atoms with E-state index in [4.69, 9.17) is 17.2 Å². The van der Waals surface area contributed by atoms with Crippen molar-refractivity contribution >= 4 is 29.7 Å². The van der Waals surface area contributed by atoms with Crippen molar-refractivity contribution in [3.05, 3.63) is 29.8 Å². The summed E-state index contributed by atoms with van der Waals surface area (Å²) >= 11 is 0. The number of phenols is 1. The average molecular weight is 550 g/mol. The topological polar surface area (TPSA) is 235 Å². The molecule has 5 atom stereocenters. The Labute approximate surface area is 229 Å². The second-order valence-corrected chi connectivity index (χ2v) is 9.93. The van der Waals surface area contributed by atoms with E-state index in [1.54, 1.807) is 32.9 Å². The van der Waals surface area contributed by atoms with Crippen molar-refractivity contribution in [2.45, 2.75) is 77.5 Å². The molecular formula is C26H43N7O6. The number of carboxylic acids is 1. The molecule has 3 amide bonds. The Morgan fingerprint density at radius 3 is 2.00 bits per heavy atom. The lowest BCUT2D eigenvalue weighted by atomic mass is 9.95. The Morgan fingerprint density at radius 2 is 1.49 bits per heavy atom. The Morgan fingerprint density at radius 1 is 0.923 bits per heavy atom. The van der Waals surface area contributed by atoms with Crippen LogP contribution in [0.5, 0.6) is 5.75 Å². The first-order chi connectivity index (χ1) is 18.3. The van der Waals surface area contributed by atoms with E-state index in [0.717, 1.165) is 5.56 Å². The summed E-state index contributed by atoms with van der Waals surface area (Å²) in [5.41, 5.74) is 17.4. The van der Waals surface area contributed by atoms with E-state index in [-0.39, 0.29) is 42.9 Å². The van der Waals surface area contributed by atoms with Crippen LogP contribution in [0.25, 0.3) is 0 Å². The minimum Gasteiger partial charge on any atom is -0.508 e. The number of amides is 3. The van der Waals surface area contributed by atoms with Gasteiger partial charge in [0.25, 0.3) is 0 Å². The van der Waals surface area contributed by atoms with Gasteiger partial charge in [0.05, 0.1) is 6.04 Å². The summed E-state index contributed by atoms with van der Waals surface area (Å²) in [6, 6.07) is 2.11. The molecule has 0 fully saturated rings. The van der Waals surface area contributed by atoms with Crippen LogP contribution in [0.15, 0.2) is 29.3 Å². The molecule has 0 aliphatic heterocycles. The number of carboxylic acid groups (broad SMARTS) is 1. The summed E-state index contributed by atoms with van der Waals surface area (Å²) in [7, 11) is 0. The van der Waals surface area contributed by atoms with Crippen LogP contribution in [0.4, 0.5) is 0 Å². The Kier molecular flexibility index (Phi) is 13.7. The molecule has 13 heteroatoms. The van der Waals surface area contributed by atoms with Gasteiger partial charge in [-0.1, -0.05) is 46.2 Å². The molecule has 0 heterocycles. The van der Waals surface area contributed by atoms with Gasteiger partial charge in [-0.15, -0.1) is 0 Å². The molecule has 11 N–H and O–H groups in total. The lowest BCUT2D eigenvalue weighted by Crippen LogP contribution is -2.59. The first kappa shape index (κ1) is 33.2. The maximum absolute atomic E-state index is 13.3. The quantitative estimate of drug-likeness (QED) is 0.0756. The predicted molar refractivity (Wildman–Crippen MR) is 147 cm³/mol. The van der Waals surface area contributed by atoms with E-state index in [9.17, 15) is 29.4 Å². The third-order valence-electron chi connectivity index (χ3n) is 6.33. The number of aliphatic carboxylic acids is 1. The van der Waals surface area contributed by atoms with E-state index >= 15 is 0 Å². The fraction of sp³-hybridized carbons (Fsp3) is 0.577. The normalized spacial score (nSPS) is 14.8. The second-order valence-electron chi connectivity index (χ2n) is 9.93. The van der Waals surface area contributed by atoms with Crippen molar-refractivity contribution in [1.29, 1.82) is 0 Å². The van der Waals surface area contributed by atoms with Gasteiger partial charge >= 0.3 is 5.97 Å². The monoisotopic (exact) mass is 549 g/mol. The lowest BCUT2D eigenvalue weighted by Gasteiger charge is -2.29. The molecule has 0 aliphatic carbocycles. The van der Waals surface area contributed by atoms with Crippen LogP contribution < -0.4 is 33.2 Å². The summed E-state index contributed by atoms with van der Waals surface area (Å²) in [4.78, 5) is 54.6. The first-order valence-corrected chi connectivity index (χ1v) is 13.0. The van der Waals surface area contributed by atoms with Crippen molar-refractivity contribution < 1.29 is 29.4 Å². The van der Waals surface area contributed by atoms with Crippen molar-refractivity contribution in [3.63, 3.8) is 0 Å². The van der Waals surface area contributed by atoms with Crippen LogP contribution in [-0.2, 0) is 25.6 Å². The van der Waals surface area contributed by atoms with Crippen LogP contribution in [-0.4, -0.2) is 70.6 Å². The van der Waals surface area contributed by atoms with E-state index in [2.05, 4.69) is 20.9 Å². The average Bonchev–Trinajstić information content (AvgIpc) is 2.87. The van der Waals surface area contributed by atoms with Gasteiger partial charge in [0.15, 0.2) is 5.96 Å². The molecule has 0 bridgehead atoms. The van der Waals surface area contributed by atoms with E-state index in [1.165, 1.54) is 12.1 Å². The predicted octanol–water partition coefficient (Wildman–Crippen LogP) is -0.443. The third-order valence-corrected chi connectivity index (χ3v) is 6.33. The van der Waals surface area contributed by atoms with Gasteiger partial charge in [-0.3, -0.25) is 19.4 Å². The maximum Gasteiger partial charge on any atom is 0.326 e. The fourth-order valence-electron chi connectivity index (χ4n) is 3.74. The summed E-state index contributed by atoms with van der Waals surface area (Å²) in [6.07, 6.45) is 1.15. The summed E-state index contributed by atoms with van der Waals surface area (Å²) < 4.78 is 0. The number of rotatable bonds is 16. The second kappa shape index (κ2) is 16.2. The molecular weight excluding hydrogens is 506 g/mol. The highest BCUT2D eigenvalue weighted by Gasteiger charge is 2.33. The van der Waals surface area contributed by atoms with Crippen LogP contribution >= 0.6 is 0 Å². The molecule has 13 nitrogen and oxygen atoms in total. The number of phenolic OH excluding ortho intramolecular Hbond substituents is 1. The highest BCUT2D eigenvalue weighted by Crippen LogP contribution is 2.13. The minimum absolute atomic E-state index is 0.0844. The van der Waals surface area contributed by atoms with Crippen molar-refractivity contribution in [1.82, 2.24) is 16.0 Å². The number of aliphatic imine (C=N–C) groups is 1. The standard InChI is InChI=1S/C26H43N7O6/c1-5-15(4)21(33-22(35)18(27)13-16-8-10-17(34)11-9-16)24(37)32-20(14(2)3)23(36)31-19(25(38)39)7-6-12-30-26(28)29/h8-11,14-15,18-21,34H,5-7,12-13,27H2,1-4H3,(H,31,36)(H,32,37)(H,33,35)(H,38,39)(H4,28,29,30). The van der Waals surface area contributed by atoms with E-state index in [0.29, 0.717) is 12.8 Å². The Hall–Kier alpha value is -3.87. The number of nitrogens with two attached hydrogens (primary N) is 3. The van der Waals surface area contributed by atoms with Gasteiger partial charge in [0.2, 0.25) is 17.7 Å². The zero-order valence-electron chi connectivity index (χ0n) is 23.0. The Balaban J connectivity index is 2.92. The number of nitrogens with zero attached hydrogens (tertiary/aromatic N) is 1. The van der Waals surface area contributed by atoms with Crippen LogP contribution in [0.2, 0.25) is 0 Å². The summed E-state index contributed by atoms with van der Waals surface area (Å²) in [5.74, 6) is -3.70. The van der Waals surface area contributed by atoms with Gasteiger partial charge in [0.1, 0.15) is 23.9 Å². The zero-order chi connectivity index (χ0) is 29.7. The maximum atomic E-state index is 13.3. The summed E-state index contributed by atoms with van der Waals surface area (Å²) in [5, 5.41) is 26.8. The molecule has 1 rings (SSSR count). The number of hydrogen-bond donors (Lipinski definition) is 8. The van der Waals surface area contributed by atoms with Gasteiger partial charge in [0, 0.05) is 6.54 Å². The Bertz CT molecular complexity index is 995. The molecule has 5 unspecified atom stereocenters. The lowest BCUT2D eigenvalue weighted by molar-refractivity contribution is -0.143. The number of hydrogen-bond acceptors (Lipinski definition) is 7. The molecule has 39 heavy (non-hydrogen) atoms. The van der Waals surface area contributed by atoms with Crippen molar-refractivity contribution in [2.75, 3.05) is 6.54 Å². The third kappa shape index (κ3) is 11.6. The number of carbonyl (C=O) groups is 4. The molecule has 0 spiro atoms. The molecule has 0 aromatic heterocycles. The largest absolute Gasteiger partial charge is 0.508 e. The summed E-state index contributed by atoms with van der Waals surface area (Å²) in [6.45, 7) is 7.28. The van der Waals surface area contributed by atoms with E-state index < -0.39 is 47.9 Å². The van der Waals surface area contributed by atoms with Gasteiger partial charge in [-0.2, -0.15) is 0 Å². The smallest absolute Gasteiger partial charge is 0.326 e. The van der Waals surface area contributed by atoms with Crippen LogP contribution in [0, 0.1) is 11.8 Å². The van der Waals surface area contributed by atoms with Crippen LogP contribution in [0.3, 0.4) is 0 Å². The molecule has 1 aromatic carbocycles. The molecule has 0 saturated carbocycles. The van der Waals surface area contributed by atoms with E-state index in [1.807, 2.05) is 6.92 Å². The SMILES string of the molecule is CCC(C)C(NC(=O)C(N)Cc1ccc(O)cc1)C(=O)NC(C(=O)NC(CCCN=C(N)N)C(=O)O)C(C)C. The number of aromatic hydroxyl groups is 1. The fourth-order valence-corrected chi connectivity index (χ4v) is 3.74. The highest BCUT2D eigenvalue weighted by atomic mass is 16.4. The van der Waals surface area contributed by atoms with Gasteiger partial charge in [-0.05, 0) is 48.8 Å². The molecule has 0 radical (unpaired) electrons. The molecule has 1 aromatic rings. The van der Waals surface area contributed by atoms with Crippen molar-refractivity contribution in [3.8, 4) is 5.75 Å². The number of carbonyl (C=O) groups excluding carboxylic acids is 3. The van der Waals surface area contributed by atoms with Crippen molar-refractivity contribution in [2.24, 2.45) is 34.0 Å². The van der Waals surface area contributed by atoms with Crippen LogP contribution in [0.1, 0.15) is 52.5 Å². The number of guanidine groups is 1. The number of nitrogens with one attached hydrogen (secondary N) is 3. The molecule has 0 aliphatic rings. The number of benzene rings is 1.